The number of aliphatic hydroxyl groups is 1. The topological polar surface area (TPSA) is 37.3 Å². The number of hydrogen-bond donors (Lipinski definition) is 1. The summed E-state index contributed by atoms with van der Waals surface area (Å²) < 4.78 is 0.776. The van der Waals surface area contributed by atoms with Crippen molar-refractivity contribution in [3.8, 4) is 0 Å². The summed E-state index contributed by atoms with van der Waals surface area (Å²) in [5.74, 6) is 0.0280. The number of rotatable bonds is 2. The number of hydrogen-bond acceptors (Lipinski definition) is 2. The maximum absolute atomic E-state index is 10.9. The highest BCUT2D eigenvalue weighted by molar-refractivity contribution is 9.10. The third-order valence-electron chi connectivity index (χ3n) is 1.63. The van der Waals surface area contributed by atoms with Crippen LogP contribution in [0.4, 0.5) is 0 Å². The van der Waals surface area contributed by atoms with E-state index in [4.69, 9.17) is 5.11 Å². The molecule has 0 heterocycles. The van der Waals surface area contributed by atoms with E-state index in [1.807, 2.05) is 13.8 Å². The van der Waals surface area contributed by atoms with Crippen LogP contribution in [-0.2, 0) is 6.61 Å². The van der Waals surface area contributed by atoms with Gasteiger partial charge in [-0.25, -0.2) is 0 Å². The molecule has 0 fully saturated rings. The van der Waals surface area contributed by atoms with E-state index in [0.717, 1.165) is 10.0 Å². The van der Waals surface area contributed by atoms with E-state index >= 15 is 0 Å². The molecule has 0 amide bonds. The van der Waals surface area contributed by atoms with Gasteiger partial charge in [0.15, 0.2) is 5.78 Å². The van der Waals surface area contributed by atoms with E-state index in [9.17, 15) is 4.79 Å². The highest BCUT2D eigenvalue weighted by atomic mass is 79.9. The third-order valence-corrected chi connectivity index (χ3v) is 2.37. The molecule has 1 N–H and O–H groups in total. The summed E-state index contributed by atoms with van der Waals surface area (Å²) in [4.78, 5) is 10.9. The summed E-state index contributed by atoms with van der Waals surface area (Å²) in [5, 5.41) is 8.83. The van der Waals surface area contributed by atoms with Crippen LogP contribution in [0.3, 0.4) is 0 Å². The Kier molecular flexibility index (Phi) is 6.41. The number of benzene rings is 1. The van der Waals surface area contributed by atoms with Crippen LogP contribution in [0.1, 0.15) is 36.7 Å². The lowest BCUT2D eigenvalue weighted by molar-refractivity contribution is 0.101. The van der Waals surface area contributed by atoms with Crippen molar-refractivity contribution >= 4 is 21.7 Å². The molecule has 0 aliphatic heterocycles. The molecule has 0 aromatic heterocycles. The van der Waals surface area contributed by atoms with Gasteiger partial charge in [-0.2, -0.15) is 0 Å². The normalized spacial score (nSPS) is 8.93. The predicted octanol–water partition coefficient (Wildman–Crippen LogP) is 3.17. The van der Waals surface area contributed by atoms with Gasteiger partial charge in [-0.05, 0) is 18.6 Å². The summed E-state index contributed by atoms with van der Waals surface area (Å²) >= 11 is 3.26. The fraction of sp³-hybridized carbons (Fsp3) is 0.364. The van der Waals surface area contributed by atoms with Crippen molar-refractivity contribution in [1.82, 2.24) is 0 Å². The standard InChI is InChI=1S/C9H9BrO2.C2H6/c1-6(12)7-2-3-8(5-11)9(10)4-7;1-2/h2-4,11H,5H2,1H3;1-2H3. The second-order valence-electron chi connectivity index (χ2n) is 2.52. The quantitative estimate of drug-likeness (QED) is 0.828. The second-order valence-corrected chi connectivity index (χ2v) is 3.37. The van der Waals surface area contributed by atoms with Gasteiger partial charge in [-0.1, -0.05) is 41.9 Å². The maximum Gasteiger partial charge on any atom is 0.159 e. The van der Waals surface area contributed by atoms with Gasteiger partial charge >= 0.3 is 0 Å². The first-order chi connectivity index (χ1) is 6.65. The molecule has 2 nitrogen and oxygen atoms in total. The van der Waals surface area contributed by atoms with Gasteiger partial charge in [0, 0.05) is 10.0 Å². The Balaban J connectivity index is 0.000000791. The summed E-state index contributed by atoms with van der Waals surface area (Å²) in [6, 6.07) is 5.16. The highest BCUT2D eigenvalue weighted by Gasteiger charge is 2.02. The molecule has 0 unspecified atom stereocenters. The van der Waals surface area contributed by atoms with E-state index in [1.54, 1.807) is 18.2 Å². The molecule has 1 aromatic rings. The van der Waals surface area contributed by atoms with Gasteiger partial charge < -0.3 is 5.11 Å². The van der Waals surface area contributed by atoms with Crippen molar-refractivity contribution < 1.29 is 9.90 Å². The third kappa shape index (κ3) is 3.60. The average molecular weight is 259 g/mol. The van der Waals surface area contributed by atoms with E-state index in [-0.39, 0.29) is 12.4 Å². The molecule has 0 aliphatic rings. The minimum atomic E-state index is -0.0151. The molecule has 0 saturated carbocycles. The average Bonchev–Trinajstić information content (AvgIpc) is 2.20. The van der Waals surface area contributed by atoms with Crippen LogP contribution in [0.15, 0.2) is 22.7 Å². The molecule has 0 saturated heterocycles. The lowest BCUT2D eigenvalue weighted by Gasteiger charge is -2.01. The number of aliphatic hydroxyl groups excluding tert-OH is 1. The molecule has 14 heavy (non-hydrogen) atoms. The van der Waals surface area contributed by atoms with E-state index < -0.39 is 0 Å². The minimum Gasteiger partial charge on any atom is -0.392 e. The first-order valence-corrected chi connectivity index (χ1v) is 5.34. The fourth-order valence-electron chi connectivity index (χ4n) is 0.895. The van der Waals surface area contributed by atoms with E-state index in [1.165, 1.54) is 6.92 Å². The van der Waals surface area contributed by atoms with Crippen LogP contribution in [0.2, 0.25) is 0 Å². The van der Waals surface area contributed by atoms with Crippen LogP contribution in [0.5, 0.6) is 0 Å². The second kappa shape index (κ2) is 6.74. The zero-order chi connectivity index (χ0) is 11.1. The van der Waals surface area contributed by atoms with Gasteiger partial charge in [0.1, 0.15) is 0 Å². The lowest BCUT2D eigenvalue weighted by atomic mass is 10.1. The lowest BCUT2D eigenvalue weighted by Crippen LogP contribution is -1.93. The molecule has 3 heteroatoms. The first kappa shape index (κ1) is 13.3. The molecule has 0 atom stereocenters. The Morgan fingerprint density at radius 3 is 2.36 bits per heavy atom. The van der Waals surface area contributed by atoms with Crippen molar-refractivity contribution in [2.75, 3.05) is 0 Å². The summed E-state index contributed by atoms with van der Waals surface area (Å²) in [7, 11) is 0. The van der Waals surface area contributed by atoms with E-state index in [0.29, 0.717) is 5.56 Å². The largest absolute Gasteiger partial charge is 0.392 e. The van der Waals surface area contributed by atoms with Crippen molar-refractivity contribution in [3.63, 3.8) is 0 Å². The highest BCUT2D eigenvalue weighted by Crippen LogP contribution is 2.18. The van der Waals surface area contributed by atoms with Crippen molar-refractivity contribution in [2.45, 2.75) is 27.4 Å². The van der Waals surface area contributed by atoms with Gasteiger partial charge in [0.05, 0.1) is 6.61 Å². The van der Waals surface area contributed by atoms with Gasteiger partial charge in [-0.3, -0.25) is 4.79 Å². The van der Waals surface area contributed by atoms with Crippen LogP contribution in [-0.4, -0.2) is 10.9 Å². The number of carbonyl (C=O) groups excluding carboxylic acids is 1. The first-order valence-electron chi connectivity index (χ1n) is 4.55. The van der Waals surface area contributed by atoms with Crippen molar-refractivity contribution in [3.05, 3.63) is 33.8 Å². The van der Waals surface area contributed by atoms with Crippen molar-refractivity contribution in [1.29, 1.82) is 0 Å². The molecule has 1 aromatic carbocycles. The van der Waals surface area contributed by atoms with Crippen LogP contribution >= 0.6 is 15.9 Å². The monoisotopic (exact) mass is 258 g/mol. The predicted molar refractivity (Wildman–Crippen MR) is 61.4 cm³/mol. The molecule has 0 aliphatic carbocycles. The smallest absolute Gasteiger partial charge is 0.159 e. The molecule has 0 radical (unpaired) electrons. The van der Waals surface area contributed by atoms with Gasteiger partial charge in [0.2, 0.25) is 0 Å². The molecule has 0 spiro atoms. The van der Waals surface area contributed by atoms with Gasteiger partial charge in [0.25, 0.3) is 0 Å². The summed E-state index contributed by atoms with van der Waals surface area (Å²) in [6.07, 6.45) is 0. The van der Waals surface area contributed by atoms with Crippen molar-refractivity contribution in [2.24, 2.45) is 0 Å². The minimum absolute atomic E-state index is 0.0151. The zero-order valence-corrected chi connectivity index (χ0v) is 10.3. The molecule has 1 rings (SSSR count). The zero-order valence-electron chi connectivity index (χ0n) is 8.67. The number of ketones is 1. The Morgan fingerprint density at radius 1 is 1.43 bits per heavy atom. The Hall–Kier alpha value is -0.670. The Labute approximate surface area is 93.1 Å². The van der Waals surface area contributed by atoms with Crippen LogP contribution in [0.25, 0.3) is 0 Å². The Morgan fingerprint density at radius 2 is 2.00 bits per heavy atom. The SMILES string of the molecule is CC.CC(=O)c1ccc(CO)c(Br)c1. The fourth-order valence-corrected chi connectivity index (χ4v) is 1.40. The van der Waals surface area contributed by atoms with E-state index in [2.05, 4.69) is 15.9 Å². The summed E-state index contributed by atoms with van der Waals surface area (Å²) in [6.45, 7) is 5.50. The van der Waals surface area contributed by atoms with Gasteiger partial charge in [-0.15, -0.1) is 0 Å². The molecular weight excluding hydrogens is 244 g/mol. The number of carbonyl (C=O) groups is 1. The van der Waals surface area contributed by atoms with Crippen LogP contribution < -0.4 is 0 Å². The molecular formula is C11H15BrO2. The molecule has 0 bridgehead atoms. The maximum atomic E-state index is 10.9. The number of halogens is 1. The summed E-state index contributed by atoms with van der Waals surface area (Å²) in [5.41, 5.74) is 1.44. The molecule has 78 valence electrons. The Bertz CT molecular complexity index is 308. The number of Topliss-reactive ketones (excluding diaryl/α,β-unsaturated/α-hetero) is 1. The van der Waals surface area contributed by atoms with Crippen LogP contribution in [0, 0.1) is 0 Å².